The van der Waals surface area contributed by atoms with E-state index in [2.05, 4.69) is 28.2 Å². The Kier molecular flexibility index (Phi) is 3.94. The Bertz CT molecular complexity index is 691. The van der Waals surface area contributed by atoms with Gasteiger partial charge in [-0.25, -0.2) is 0 Å². The zero-order chi connectivity index (χ0) is 16.7. The van der Waals surface area contributed by atoms with E-state index < -0.39 is 0 Å². The van der Waals surface area contributed by atoms with Crippen molar-refractivity contribution in [3.63, 3.8) is 0 Å². The number of carbonyl (C=O) groups is 1. The predicted octanol–water partition coefficient (Wildman–Crippen LogP) is 3.17. The van der Waals surface area contributed by atoms with Gasteiger partial charge < -0.3 is 15.1 Å². The highest BCUT2D eigenvalue weighted by atomic mass is 16.2. The molecule has 3 heterocycles. The van der Waals surface area contributed by atoms with E-state index in [1.807, 2.05) is 18.0 Å². The molecule has 0 radical (unpaired) electrons. The van der Waals surface area contributed by atoms with Gasteiger partial charge in [0.15, 0.2) is 5.96 Å². The van der Waals surface area contributed by atoms with E-state index in [0.717, 1.165) is 61.7 Å². The summed E-state index contributed by atoms with van der Waals surface area (Å²) in [6.45, 7) is 4.93. The number of aliphatic imine (C=N–C) groups is 1. The topological polar surface area (TPSA) is 47.9 Å². The Balaban J connectivity index is 1.71. The Morgan fingerprint density at radius 2 is 1.96 bits per heavy atom. The molecule has 1 aromatic carbocycles. The number of hydrogen-bond acceptors (Lipinski definition) is 2. The van der Waals surface area contributed by atoms with Crippen molar-refractivity contribution in [1.82, 2.24) is 9.80 Å². The molecule has 4 rings (SSSR count). The fraction of sp³-hybridized carbons (Fsp3) is 0.579. The molecule has 0 aliphatic carbocycles. The van der Waals surface area contributed by atoms with Gasteiger partial charge in [-0.1, -0.05) is 0 Å². The summed E-state index contributed by atoms with van der Waals surface area (Å²) in [5, 5.41) is 3.48. The number of nitrogens with zero attached hydrogens (tertiary/aromatic N) is 3. The summed E-state index contributed by atoms with van der Waals surface area (Å²) in [7, 11) is 1.84. The normalized spacial score (nSPS) is 24.6. The summed E-state index contributed by atoms with van der Waals surface area (Å²) in [6.07, 6.45) is 5.81. The first-order valence-electron chi connectivity index (χ1n) is 9.13. The second kappa shape index (κ2) is 6.11. The van der Waals surface area contributed by atoms with Gasteiger partial charge in [0.2, 0.25) is 0 Å². The Morgan fingerprint density at radius 3 is 2.71 bits per heavy atom. The van der Waals surface area contributed by atoms with Crippen LogP contribution in [-0.4, -0.2) is 48.3 Å². The van der Waals surface area contributed by atoms with Crippen LogP contribution in [0.2, 0.25) is 0 Å². The third kappa shape index (κ3) is 2.46. The zero-order valence-corrected chi connectivity index (χ0v) is 14.6. The van der Waals surface area contributed by atoms with Crippen molar-refractivity contribution in [3.8, 4) is 0 Å². The van der Waals surface area contributed by atoms with Gasteiger partial charge in [0.05, 0.1) is 6.04 Å². The maximum atomic E-state index is 12.9. The molecule has 0 bridgehead atoms. The lowest BCUT2D eigenvalue weighted by atomic mass is 9.94. The van der Waals surface area contributed by atoms with Gasteiger partial charge in [-0.3, -0.25) is 9.79 Å². The summed E-state index contributed by atoms with van der Waals surface area (Å²) >= 11 is 0. The van der Waals surface area contributed by atoms with E-state index in [1.54, 1.807) is 0 Å². The molecular weight excluding hydrogens is 300 g/mol. The van der Waals surface area contributed by atoms with Gasteiger partial charge in [-0.15, -0.1) is 0 Å². The quantitative estimate of drug-likeness (QED) is 0.862. The van der Waals surface area contributed by atoms with Crippen LogP contribution in [-0.2, 0) is 0 Å². The van der Waals surface area contributed by atoms with Crippen LogP contribution in [0.4, 0.5) is 5.69 Å². The minimum absolute atomic E-state index is 0.195. The SMILES string of the molecule is CN=C1Nc2c(C)cc(C(=O)N3CCCCC3)cc2C2CCCN12. The average molecular weight is 326 g/mol. The number of amides is 1. The van der Waals surface area contributed by atoms with Crippen molar-refractivity contribution in [2.75, 3.05) is 32.0 Å². The molecule has 24 heavy (non-hydrogen) atoms. The van der Waals surface area contributed by atoms with Crippen LogP contribution in [0.5, 0.6) is 0 Å². The van der Waals surface area contributed by atoms with Gasteiger partial charge in [-0.05, 0) is 62.3 Å². The number of rotatable bonds is 1. The van der Waals surface area contributed by atoms with Crippen molar-refractivity contribution in [2.45, 2.75) is 45.1 Å². The number of nitrogens with one attached hydrogen (secondary N) is 1. The molecule has 0 saturated carbocycles. The van der Waals surface area contributed by atoms with Crippen molar-refractivity contribution in [3.05, 3.63) is 28.8 Å². The van der Waals surface area contributed by atoms with Gasteiger partial charge in [0.1, 0.15) is 0 Å². The molecule has 5 heteroatoms. The van der Waals surface area contributed by atoms with Crippen molar-refractivity contribution in [1.29, 1.82) is 0 Å². The Labute approximate surface area is 143 Å². The third-order valence-corrected chi connectivity index (χ3v) is 5.59. The molecule has 0 aromatic heterocycles. The van der Waals surface area contributed by atoms with Crippen LogP contribution >= 0.6 is 0 Å². The number of anilines is 1. The number of guanidine groups is 1. The van der Waals surface area contributed by atoms with Crippen LogP contribution in [0.25, 0.3) is 0 Å². The molecular formula is C19H26N4O. The fourth-order valence-electron chi connectivity index (χ4n) is 4.36. The third-order valence-electron chi connectivity index (χ3n) is 5.59. The predicted molar refractivity (Wildman–Crippen MR) is 96.6 cm³/mol. The van der Waals surface area contributed by atoms with Crippen LogP contribution in [0.3, 0.4) is 0 Å². The average Bonchev–Trinajstić information content (AvgIpc) is 3.11. The summed E-state index contributed by atoms with van der Waals surface area (Å²) in [6, 6.07) is 4.52. The second-order valence-corrected chi connectivity index (χ2v) is 7.13. The standard InChI is InChI=1S/C19H26N4O/c1-13-11-14(18(24)22-8-4-3-5-9-22)12-15-16-7-6-10-23(16)19(20-2)21-17(13)15/h11-12,16H,3-10H2,1-2H3,(H,20,21). The molecule has 2 saturated heterocycles. The van der Waals surface area contributed by atoms with Crippen LogP contribution < -0.4 is 5.32 Å². The van der Waals surface area contributed by atoms with Gasteiger partial charge >= 0.3 is 0 Å². The van der Waals surface area contributed by atoms with Gasteiger partial charge in [0, 0.05) is 37.9 Å². The van der Waals surface area contributed by atoms with E-state index in [-0.39, 0.29) is 5.91 Å². The van der Waals surface area contributed by atoms with E-state index in [9.17, 15) is 4.79 Å². The van der Waals surface area contributed by atoms with E-state index in [1.165, 1.54) is 18.4 Å². The molecule has 1 atom stereocenters. The first kappa shape index (κ1) is 15.5. The lowest BCUT2D eigenvalue weighted by molar-refractivity contribution is 0.0724. The largest absolute Gasteiger partial charge is 0.339 e. The maximum Gasteiger partial charge on any atom is 0.253 e. The highest BCUT2D eigenvalue weighted by Gasteiger charge is 2.35. The number of hydrogen-bond donors (Lipinski definition) is 1. The Morgan fingerprint density at radius 1 is 1.17 bits per heavy atom. The second-order valence-electron chi connectivity index (χ2n) is 7.13. The summed E-state index contributed by atoms with van der Waals surface area (Å²) in [5.74, 6) is 1.16. The number of fused-ring (bicyclic) bond motifs is 3. The molecule has 1 aromatic rings. The Hall–Kier alpha value is -2.04. The molecule has 5 nitrogen and oxygen atoms in total. The van der Waals surface area contributed by atoms with Crippen molar-refractivity contribution in [2.24, 2.45) is 4.99 Å². The van der Waals surface area contributed by atoms with Crippen LogP contribution in [0.15, 0.2) is 17.1 Å². The molecule has 0 spiro atoms. The summed E-state index contributed by atoms with van der Waals surface area (Å²) < 4.78 is 0. The fourth-order valence-corrected chi connectivity index (χ4v) is 4.36. The first-order chi connectivity index (χ1) is 11.7. The number of carbonyl (C=O) groups excluding carboxylic acids is 1. The molecule has 3 aliphatic rings. The van der Waals surface area contributed by atoms with E-state index in [0.29, 0.717) is 6.04 Å². The first-order valence-corrected chi connectivity index (χ1v) is 9.13. The summed E-state index contributed by atoms with van der Waals surface area (Å²) in [5.41, 5.74) is 4.40. The lowest BCUT2D eigenvalue weighted by Crippen LogP contribution is -2.41. The smallest absolute Gasteiger partial charge is 0.253 e. The zero-order valence-electron chi connectivity index (χ0n) is 14.6. The number of piperidine rings is 1. The minimum atomic E-state index is 0.195. The highest BCUT2D eigenvalue weighted by molar-refractivity contribution is 6.00. The minimum Gasteiger partial charge on any atom is -0.339 e. The van der Waals surface area contributed by atoms with Crippen LogP contribution in [0.1, 0.15) is 59.6 Å². The van der Waals surface area contributed by atoms with Crippen LogP contribution in [0, 0.1) is 6.92 Å². The maximum absolute atomic E-state index is 12.9. The van der Waals surface area contributed by atoms with E-state index in [4.69, 9.17) is 0 Å². The summed E-state index contributed by atoms with van der Waals surface area (Å²) in [4.78, 5) is 21.7. The molecule has 2 fully saturated rings. The number of likely N-dealkylation sites (tertiary alicyclic amines) is 1. The monoisotopic (exact) mass is 326 g/mol. The molecule has 1 amide bonds. The molecule has 1 unspecified atom stereocenters. The molecule has 128 valence electrons. The molecule has 1 N–H and O–H groups in total. The highest BCUT2D eigenvalue weighted by Crippen LogP contribution is 2.42. The molecule has 3 aliphatic heterocycles. The van der Waals surface area contributed by atoms with Crippen molar-refractivity contribution < 1.29 is 4.79 Å². The van der Waals surface area contributed by atoms with Crippen molar-refractivity contribution >= 4 is 17.6 Å². The number of aryl methyl sites for hydroxylation is 1. The van der Waals surface area contributed by atoms with Gasteiger partial charge in [-0.2, -0.15) is 0 Å². The van der Waals surface area contributed by atoms with Gasteiger partial charge in [0.25, 0.3) is 5.91 Å². The van der Waals surface area contributed by atoms with E-state index >= 15 is 0 Å². The lowest BCUT2D eigenvalue weighted by Gasteiger charge is -2.36. The number of benzene rings is 1.